The molecule has 0 aliphatic carbocycles. The first-order chi connectivity index (χ1) is 14.2. The van der Waals surface area contributed by atoms with Gasteiger partial charge in [-0.05, 0) is 68.3 Å². The molecule has 1 amide bonds. The maximum absolute atomic E-state index is 13.1. The molecule has 30 heavy (non-hydrogen) atoms. The molecule has 1 aromatic heterocycles. The Morgan fingerprint density at radius 3 is 2.50 bits per heavy atom. The van der Waals surface area contributed by atoms with Gasteiger partial charge in [-0.2, -0.15) is 4.99 Å². The Kier molecular flexibility index (Phi) is 6.84. The number of aryl methyl sites for hydroxylation is 2. The highest BCUT2D eigenvalue weighted by atomic mass is 32.2. The van der Waals surface area contributed by atoms with E-state index in [0.29, 0.717) is 24.6 Å². The molecule has 0 spiro atoms. The molecule has 1 heterocycles. The van der Waals surface area contributed by atoms with Gasteiger partial charge in [0.05, 0.1) is 21.7 Å². The van der Waals surface area contributed by atoms with E-state index in [4.69, 9.17) is 4.74 Å². The second-order valence-corrected chi connectivity index (χ2v) is 9.85. The van der Waals surface area contributed by atoms with Crippen molar-refractivity contribution in [1.29, 1.82) is 0 Å². The van der Waals surface area contributed by atoms with Crippen molar-refractivity contribution in [2.75, 3.05) is 19.0 Å². The number of sulfone groups is 1. The molecule has 0 bridgehead atoms. The standard InChI is InChI=1S/C21H23FN2O4S2/c1-4-28-10-9-24-18-11-14(2)15(3)12-19(18)29-21(24)23-20(25)13-30(26,27)17-7-5-16(22)6-8-17/h5-8,11-12H,4,9-10,13H2,1-3H3. The number of carbonyl (C=O) groups is 1. The van der Waals surface area contributed by atoms with E-state index in [9.17, 15) is 17.6 Å². The Bertz CT molecular complexity index is 1240. The number of hydrogen-bond acceptors (Lipinski definition) is 5. The van der Waals surface area contributed by atoms with Gasteiger partial charge < -0.3 is 9.30 Å². The van der Waals surface area contributed by atoms with Crippen molar-refractivity contribution in [2.24, 2.45) is 4.99 Å². The number of aromatic nitrogens is 1. The van der Waals surface area contributed by atoms with Gasteiger partial charge in [-0.25, -0.2) is 12.8 Å². The van der Waals surface area contributed by atoms with Gasteiger partial charge in [0.1, 0.15) is 11.6 Å². The maximum Gasteiger partial charge on any atom is 0.263 e. The third kappa shape index (κ3) is 5.03. The maximum atomic E-state index is 13.1. The molecule has 6 nitrogen and oxygen atoms in total. The van der Waals surface area contributed by atoms with E-state index < -0.39 is 27.3 Å². The first-order valence-corrected chi connectivity index (χ1v) is 11.9. The Balaban J connectivity index is 1.98. The third-order valence-electron chi connectivity index (χ3n) is 4.67. The minimum absolute atomic E-state index is 0.112. The number of carbonyl (C=O) groups excluding carboxylic acids is 1. The Labute approximate surface area is 178 Å². The number of rotatable bonds is 7. The number of amides is 1. The van der Waals surface area contributed by atoms with Crippen LogP contribution in [0.4, 0.5) is 4.39 Å². The van der Waals surface area contributed by atoms with Crippen LogP contribution in [-0.4, -0.2) is 37.9 Å². The minimum atomic E-state index is -3.91. The molecule has 0 radical (unpaired) electrons. The van der Waals surface area contributed by atoms with Gasteiger partial charge in [0.2, 0.25) is 0 Å². The molecule has 0 saturated carbocycles. The number of thiazole rings is 1. The van der Waals surface area contributed by atoms with Crippen LogP contribution in [0, 0.1) is 19.7 Å². The van der Waals surface area contributed by atoms with Crippen molar-refractivity contribution in [2.45, 2.75) is 32.2 Å². The van der Waals surface area contributed by atoms with Gasteiger partial charge in [-0.15, -0.1) is 0 Å². The number of fused-ring (bicyclic) bond motifs is 1. The number of nitrogens with zero attached hydrogens (tertiary/aromatic N) is 2. The van der Waals surface area contributed by atoms with E-state index in [0.717, 1.165) is 45.6 Å². The molecular weight excluding hydrogens is 427 g/mol. The fourth-order valence-electron chi connectivity index (χ4n) is 2.95. The highest BCUT2D eigenvalue weighted by Crippen LogP contribution is 2.22. The summed E-state index contributed by atoms with van der Waals surface area (Å²) in [5.41, 5.74) is 3.16. The molecule has 160 valence electrons. The highest BCUT2D eigenvalue weighted by molar-refractivity contribution is 7.92. The molecular formula is C21H23FN2O4S2. The van der Waals surface area contributed by atoms with E-state index in [1.165, 1.54) is 11.3 Å². The zero-order valence-corrected chi connectivity index (χ0v) is 18.6. The van der Waals surface area contributed by atoms with Crippen molar-refractivity contribution in [3.05, 3.63) is 58.1 Å². The number of hydrogen-bond donors (Lipinski definition) is 0. The van der Waals surface area contributed by atoms with Gasteiger partial charge >= 0.3 is 0 Å². The highest BCUT2D eigenvalue weighted by Gasteiger charge is 2.20. The largest absolute Gasteiger partial charge is 0.380 e. The van der Waals surface area contributed by atoms with E-state index in [1.807, 2.05) is 37.5 Å². The normalized spacial score (nSPS) is 12.6. The van der Waals surface area contributed by atoms with Gasteiger partial charge in [0.15, 0.2) is 14.6 Å². The molecule has 0 aliphatic rings. The summed E-state index contributed by atoms with van der Waals surface area (Å²) in [5, 5.41) is 0. The van der Waals surface area contributed by atoms with Crippen LogP contribution in [0.15, 0.2) is 46.3 Å². The summed E-state index contributed by atoms with van der Waals surface area (Å²) in [6, 6.07) is 8.45. The molecule has 0 aliphatic heterocycles. The molecule has 0 N–H and O–H groups in total. The average Bonchev–Trinajstić information content (AvgIpc) is 2.98. The van der Waals surface area contributed by atoms with Crippen LogP contribution < -0.4 is 4.80 Å². The Hall–Kier alpha value is -2.36. The van der Waals surface area contributed by atoms with Crippen LogP contribution in [-0.2, 0) is 25.9 Å². The number of halogens is 1. The van der Waals surface area contributed by atoms with Crippen molar-refractivity contribution < 1.29 is 22.3 Å². The first-order valence-electron chi connectivity index (χ1n) is 9.45. The predicted octanol–water partition coefficient (Wildman–Crippen LogP) is 3.40. The summed E-state index contributed by atoms with van der Waals surface area (Å²) in [7, 11) is -3.91. The molecule has 2 aromatic carbocycles. The van der Waals surface area contributed by atoms with E-state index >= 15 is 0 Å². The van der Waals surface area contributed by atoms with Gasteiger partial charge in [-0.1, -0.05) is 11.3 Å². The fourth-order valence-corrected chi connectivity index (χ4v) is 5.21. The summed E-state index contributed by atoms with van der Waals surface area (Å²) in [4.78, 5) is 16.9. The monoisotopic (exact) mass is 450 g/mol. The topological polar surface area (TPSA) is 77.7 Å². The Morgan fingerprint density at radius 1 is 1.17 bits per heavy atom. The molecule has 0 unspecified atom stereocenters. The lowest BCUT2D eigenvalue weighted by atomic mass is 10.1. The molecule has 9 heteroatoms. The third-order valence-corrected chi connectivity index (χ3v) is 7.33. The average molecular weight is 451 g/mol. The van der Waals surface area contributed by atoms with E-state index in [-0.39, 0.29) is 4.90 Å². The lowest BCUT2D eigenvalue weighted by Gasteiger charge is -2.07. The summed E-state index contributed by atoms with van der Waals surface area (Å²) in [6.45, 7) is 7.44. The predicted molar refractivity (Wildman–Crippen MR) is 115 cm³/mol. The van der Waals surface area contributed by atoms with Crippen LogP contribution in [0.5, 0.6) is 0 Å². The zero-order chi connectivity index (χ0) is 21.9. The van der Waals surface area contributed by atoms with Gasteiger partial charge in [0, 0.05) is 13.2 Å². The smallest absolute Gasteiger partial charge is 0.263 e. The van der Waals surface area contributed by atoms with Crippen molar-refractivity contribution in [1.82, 2.24) is 4.57 Å². The van der Waals surface area contributed by atoms with E-state index in [1.54, 1.807) is 0 Å². The van der Waals surface area contributed by atoms with Crippen molar-refractivity contribution in [3.63, 3.8) is 0 Å². The second-order valence-electron chi connectivity index (χ2n) is 6.86. The van der Waals surface area contributed by atoms with E-state index in [2.05, 4.69) is 4.99 Å². The molecule has 3 rings (SSSR count). The zero-order valence-electron chi connectivity index (χ0n) is 17.0. The van der Waals surface area contributed by atoms with Gasteiger partial charge in [0.25, 0.3) is 5.91 Å². The van der Waals surface area contributed by atoms with Crippen LogP contribution in [0.1, 0.15) is 18.1 Å². The lowest BCUT2D eigenvalue weighted by molar-refractivity contribution is -0.115. The van der Waals surface area contributed by atoms with Crippen molar-refractivity contribution in [3.8, 4) is 0 Å². The van der Waals surface area contributed by atoms with Crippen molar-refractivity contribution >= 4 is 37.3 Å². The minimum Gasteiger partial charge on any atom is -0.380 e. The fraction of sp³-hybridized carbons (Fsp3) is 0.333. The van der Waals surface area contributed by atoms with Gasteiger partial charge in [-0.3, -0.25) is 4.79 Å². The summed E-state index contributed by atoms with van der Waals surface area (Å²) in [6.07, 6.45) is 0. The SMILES string of the molecule is CCOCCn1c(=NC(=O)CS(=O)(=O)c2ccc(F)cc2)sc2cc(C)c(C)cc21. The second kappa shape index (κ2) is 9.20. The van der Waals surface area contributed by atoms with Crippen LogP contribution in [0.3, 0.4) is 0 Å². The quantitative estimate of drug-likeness (QED) is 0.408. The van der Waals surface area contributed by atoms with Crippen LogP contribution in [0.25, 0.3) is 10.2 Å². The summed E-state index contributed by atoms with van der Waals surface area (Å²) in [5.74, 6) is -2.10. The van der Waals surface area contributed by atoms with Crippen LogP contribution >= 0.6 is 11.3 Å². The molecule has 3 aromatic rings. The summed E-state index contributed by atoms with van der Waals surface area (Å²) >= 11 is 1.33. The summed E-state index contributed by atoms with van der Waals surface area (Å²) < 4.78 is 46.3. The first kappa shape index (κ1) is 22.3. The number of ether oxygens (including phenoxy) is 1. The lowest BCUT2D eigenvalue weighted by Crippen LogP contribution is -2.22. The van der Waals surface area contributed by atoms with Crippen LogP contribution in [0.2, 0.25) is 0 Å². The molecule has 0 atom stereocenters. The molecule has 0 fully saturated rings. The Morgan fingerprint density at radius 2 is 1.83 bits per heavy atom. The number of benzene rings is 2. The molecule has 0 saturated heterocycles.